The van der Waals surface area contributed by atoms with Gasteiger partial charge in [0, 0.05) is 25.2 Å². The van der Waals surface area contributed by atoms with Gasteiger partial charge in [0.05, 0.1) is 0 Å². The van der Waals surface area contributed by atoms with Gasteiger partial charge in [-0.2, -0.15) is 4.39 Å². The number of benzene rings is 1. The maximum atomic E-state index is 13.0. The number of rotatable bonds is 2. The van der Waals surface area contributed by atoms with Gasteiger partial charge in [-0.15, -0.1) is 12.4 Å². The van der Waals surface area contributed by atoms with Gasteiger partial charge in [0.1, 0.15) is 11.9 Å². The van der Waals surface area contributed by atoms with E-state index in [9.17, 15) is 13.2 Å². The molecule has 15 heavy (non-hydrogen) atoms. The molecule has 0 radical (unpaired) electrons. The normalized spacial score (nSPS) is 15.4. The molecule has 0 aromatic heterocycles. The molecule has 1 aliphatic rings. The Morgan fingerprint density at radius 3 is 2.40 bits per heavy atom. The van der Waals surface area contributed by atoms with E-state index in [-0.39, 0.29) is 24.3 Å². The van der Waals surface area contributed by atoms with Crippen LogP contribution >= 0.6 is 12.4 Å². The zero-order valence-electron chi connectivity index (χ0n) is 7.60. The molecule has 2 nitrogen and oxygen atoms in total. The van der Waals surface area contributed by atoms with Gasteiger partial charge in [-0.25, -0.2) is 8.78 Å². The lowest BCUT2D eigenvalue weighted by Crippen LogP contribution is -2.50. The molecular formula is C9H9ClF3NO. The number of hydrogen-bond donors (Lipinski definition) is 1. The Hall–Kier alpha value is -0.940. The van der Waals surface area contributed by atoms with E-state index in [1.54, 1.807) is 0 Å². The number of hydrogen-bond acceptors (Lipinski definition) is 2. The van der Waals surface area contributed by atoms with Gasteiger partial charge in [-0.05, 0) is 0 Å². The summed E-state index contributed by atoms with van der Waals surface area (Å²) in [5.41, 5.74) is 0. The molecule has 0 spiro atoms. The maximum Gasteiger partial charge on any atom is 0.200 e. The Kier molecular flexibility index (Phi) is 3.82. The standard InChI is InChI=1S/C9H8F3NO.ClH/c10-5-1-7(11)9(12)8(2-5)14-6-3-13-4-6;/h1-2,6,13H,3-4H2;1H. The van der Waals surface area contributed by atoms with Gasteiger partial charge >= 0.3 is 0 Å². The van der Waals surface area contributed by atoms with Gasteiger partial charge in [-0.3, -0.25) is 0 Å². The monoisotopic (exact) mass is 239 g/mol. The fourth-order valence-corrected chi connectivity index (χ4v) is 1.14. The van der Waals surface area contributed by atoms with Crippen molar-refractivity contribution >= 4 is 12.4 Å². The van der Waals surface area contributed by atoms with Crippen LogP contribution in [0.4, 0.5) is 13.2 Å². The van der Waals surface area contributed by atoms with Crippen LogP contribution in [0.3, 0.4) is 0 Å². The Balaban J connectivity index is 0.00000112. The van der Waals surface area contributed by atoms with E-state index >= 15 is 0 Å². The summed E-state index contributed by atoms with van der Waals surface area (Å²) in [6, 6.07) is 1.33. The second-order valence-corrected chi connectivity index (χ2v) is 3.10. The molecule has 0 atom stereocenters. The Morgan fingerprint density at radius 1 is 1.20 bits per heavy atom. The molecule has 0 unspecified atom stereocenters. The van der Waals surface area contributed by atoms with Crippen molar-refractivity contribution in [2.45, 2.75) is 6.10 Å². The van der Waals surface area contributed by atoms with Crippen molar-refractivity contribution in [1.29, 1.82) is 0 Å². The lowest BCUT2D eigenvalue weighted by molar-refractivity contribution is 0.134. The molecule has 1 aromatic rings. The van der Waals surface area contributed by atoms with E-state index in [0.717, 1.165) is 6.07 Å². The van der Waals surface area contributed by atoms with Crippen molar-refractivity contribution in [3.63, 3.8) is 0 Å². The molecule has 0 aliphatic carbocycles. The largest absolute Gasteiger partial charge is 0.484 e. The molecule has 1 aromatic carbocycles. The van der Waals surface area contributed by atoms with Crippen LogP contribution in [0.2, 0.25) is 0 Å². The summed E-state index contributed by atoms with van der Waals surface area (Å²) in [4.78, 5) is 0. The first-order valence-electron chi connectivity index (χ1n) is 4.19. The quantitative estimate of drug-likeness (QED) is 0.796. The highest BCUT2D eigenvalue weighted by atomic mass is 35.5. The maximum absolute atomic E-state index is 13.0. The van der Waals surface area contributed by atoms with Crippen molar-refractivity contribution < 1.29 is 17.9 Å². The lowest BCUT2D eigenvalue weighted by atomic mass is 10.2. The SMILES string of the molecule is Cl.Fc1cc(F)c(F)c(OC2CNC2)c1. The van der Waals surface area contributed by atoms with Crippen LogP contribution in [0.5, 0.6) is 5.75 Å². The zero-order valence-corrected chi connectivity index (χ0v) is 8.41. The fraction of sp³-hybridized carbons (Fsp3) is 0.333. The van der Waals surface area contributed by atoms with E-state index in [1.165, 1.54) is 0 Å². The van der Waals surface area contributed by atoms with Crippen LogP contribution in [0, 0.1) is 17.5 Å². The second kappa shape index (κ2) is 4.72. The molecule has 1 saturated heterocycles. The molecular weight excluding hydrogens is 231 g/mol. The van der Waals surface area contributed by atoms with Crippen LogP contribution in [-0.2, 0) is 0 Å². The van der Waals surface area contributed by atoms with Gasteiger partial charge < -0.3 is 10.1 Å². The summed E-state index contributed by atoms with van der Waals surface area (Å²) in [5, 5.41) is 2.90. The minimum atomic E-state index is -1.23. The fourth-order valence-electron chi connectivity index (χ4n) is 1.14. The molecule has 1 N–H and O–H groups in total. The summed E-state index contributed by atoms with van der Waals surface area (Å²) in [6.07, 6.45) is -0.203. The third-order valence-electron chi connectivity index (χ3n) is 2.00. The molecule has 2 rings (SSSR count). The van der Waals surface area contributed by atoms with Gasteiger partial charge in [0.25, 0.3) is 0 Å². The van der Waals surface area contributed by atoms with Crippen molar-refractivity contribution in [3.05, 3.63) is 29.6 Å². The van der Waals surface area contributed by atoms with E-state index in [4.69, 9.17) is 4.74 Å². The lowest BCUT2D eigenvalue weighted by Gasteiger charge is -2.27. The molecule has 1 fully saturated rings. The van der Waals surface area contributed by atoms with Crippen molar-refractivity contribution in [2.24, 2.45) is 0 Å². The smallest absolute Gasteiger partial charge is 0.200 e. The summed E-state index contributed by atoms with van der Waals surface area (Å²) in [7, 11) is 0. The Labute approximate surface area is 90.8 Å². The Morgan fingerprint density at radius 2 is 1.87 bits per heavy atom. The first kappa shape index (κ1) is 12.1. The third kappa shape index (κ3) is 2.54. The molecule has 0 bridgehead atoms. The molecule has 84 valence electrons. The van der Waals surface area contributed by atoms with Crippen LogP contribution in [-0.4, -0.2) is 19.2 Å². The van der Waals surface area contributed by atoms with Crippen molar-refractivity contribution in [3.8, 4) is 5.75 Å². The van der Waals surface area contributed by atoms with E-state index in [2.05, 4.69) is 5.32 Å². The highest BCUT2D eigenvalue weighted by Gasteiger charge is 2.21. The van der Waals surface area contributed by atoms with Crippen LogP contribution in [0.25, 0.3) is 0 Å². The first-order chi connectivity index (χ1) is 6.66. The zero-order chi connectivity index (χ0) is 10.1. The predicted octanol–water partition coefficient (Wildman–Crippen LogP) is 1.88. The van der Waals surface area contributed by atoms with E-state index in [1.807, 2.05) is 0 Å². The molecule has 1 aliphatic heterocycles. The highest BCUT2D eigenvalue weighted by Crippen LogP contribution is 2.23. The second-order valence-electron chi connectivity index (χ2n) is 3.10. The molecule has 6 heteroatoms. The summed E-state index contributed by atoms with van der Waals surface area (Å²) in [5.74, 6) is -3.58. The minimum Gasteiger partial charge on any atom is -0.484 e. The summed E-state index contributed by atoms with van der Waals surface area (Å²) < 4.78 is 43.4. The number of halogens is 4. The average molecular weight is 240 g/mol. The van der Waals surface area contributed by atoms with Crippen molar-refractivity contribution in [1.82, 2.24) is 5.32 Å². The molecule has 1 heterocycles. The average Bonchev–Trinajstić information content (AvgIpc) is 2.05. The predicted molar refractivity (Wildman–Crippen MR) is 50.8 cm³/mol. The first-order valence-corrected chi connectivity index (χ1v) is 4.19. The minimum absolute atomic E-state index is 0. The van der Waals surface area contributed by atoms with Gasteiger partial charge in [0.2, 0.25) is 5.82 Å². The summed E-state index contributed by atoms with van der Waals surface area (Å²) >= 11 is 0. The van der Waals surface area contributed by atoms with E-state index in [0.29, 0.717) is 19.2 Å². The molecule has 0 saturated carbocycles. The topological polar surface area (TPSA) is 21.3 Å². The third-order valence-corrected chi connectivity index (χ3v) is 2.00. The van der Waals surface area contributed by atoms with Crippen LogP contribution in [0.15, 0.2) is 12.1 Å². The van der Waals surface area contributed by atoms with Crippen molar-refractivity contribution in [2.75, 3.05) is 13.1 Å². The number of ether oxygens (including phenoxy) is 1. The molecule has 0 amide bonds. The van der Waals surface area contributed by atoms with Gasteiger partial charge in [-0.1, -0.05) is 0 Å². The Bertz CT molecular complexity index is 357. The van der Waals surface area contributed by atoms with Crippen LogP contribution < -0.4 is 10.1 Å². The highest BCUT2D eigenvalue weighted by molar-refractivity contribution is 5.85. The summed E-state index contributed by atoms with van der Waals surface area (Å²) in [6.45, 7) is 1.13. The van der Waals surface area contributed by atoms with Gasteiger partial charge in [0.15, 0.2) is 11.6 Å². The van der Waals surface area contributed by atoms with Crippen LogP contribution in [0.1, 0.15) is 0 Å². The van der Waals surface area contributed by atoms with E-state index < -0.39 is 17.5 Å². The number of nitrogens with one attached hydrogen (secondary N) is 1.